The Bertz CT molecular complexity index is 603. The van der Waals surface area contributed by atoms with Gasteiger partial charge in [-0.15, -0.1) is 0 Å². The van der Waals surface area contributed by atoms with Gasteiger partial charge in [0.1, 0.15) is 6.54 Å². The standard InChI is InChI=1S/C21H34N4O2/c1-5-17-16-25(13-11-19(17)18-9-7-6-8-10-18)21(22-12-14-27-4)23-15-20(26)24(2)3/h6-10,17,19H,5,11-16H2,1-4H3,(H,22,23). The van der Waals surface area contributed by atoms with Crippen molar-refractivity contribution in [3.63, 3.8) is 0 Å². The summed E-state index contributed by atoms with van der Waals surface area (Å²) in [6.07, 6.45) is 2.22. The number of nitrogens with zero attached hydrogens (tertiary/aromatic N) is 3. The summed E-state index contributed by atoms with van der Waals surface area (Å²) in [5, 5.41) is 3.36. The summed E-state index contributed by atoms with van der Waals surface area (Å²) in [7, 11) is 5.20. The molecule has 2 unspecified atom stereocenters. The number of methoxy groups -OCH3 is 1. The van der Waals surface area contributed by atoms with Crippen molar-refractivity contribution < 1.29 is 9.53 Å². The average Bonchev–Trinajstić information content (AvgIpc) is 2.70. The first-order chi connectivity index (χ1) is 13.1. The van der Waals surface area contributed by atoms with Gasteiger partial charge >= 0.3 is 0 Å². The van der Waals surface area contributed by atoms with Gasteiger partial charge in [0.2, 0.25) is 5.91 Å². The molecule has 0 aliphatic carbocycles. The van der Waals surface area contributed by atoms with Crippen LogP contribution in [0.2, 0.25) is 0 Å². The van der Waals surface area contributed by atoms with E-state index in [-0.39, 0.29) is 12.5 Å². The Labute approximate surface area is 163 Å². The van der Waals surface area contributed by atoms with Crippen LogP contribution in [0.1, 0.15) is 31.2 Å². The number of rotatable bonds is 7. The second-order valence-corrected chi connectivity index (χ2v) is 7.27. The molecular formula is C21H34N4O2. The molecular weight excluding hydrogens is 340 g/mol. The zero-order valence-electron chi connectivity index (χ0n) is 17.1. The molecule has 1 aromatic rings. The van der Waals surface area contributed by atoms with Crippen LogP contribution in [-0.4, -0.2) is 75.7 Å². The molecule has 6 heteroatoms. The predicted molar refractivity (Wildman–Crippen MR) is 110 cm³/mol. The number of benzene rings is 1. The second-order valence-electron chi connectivity index (χ2n) is 7.27. The van der Waals surface area contributed by atoms with E-state index in [1.807, 2.05) is 0 Å². The molecule has 0 radical (unpaired) electrons. The van der Waals surface area contributed by atoms with Gasteiger partial charge in [-0.3, -0.25) is 4.79 Å². The van der Waals surface area contributed by atoms with E-state index in [1.54, 1.807) is 26.1 Å². The van der Waals surface area contributed by atoms with Gasteiger partial charge in [0.05, 0.1) is 6.61 Å². The second kappa shape index (κ2) is 10.9. The van der Waals surface area contributed by atoms with Gasteiger partial charge in [-0.05, 0) is 23.8 Å². The van der Waals surface area contributed by atoms with Gasteiger partial charge in [0, 0.05) is 40.8 Å². The van der Waals surface area contributed by atoms with Crippen LogP contribution in [-0.2, 0) is 9.53 Å². The molecule has 6 nitrogen and oxygen atoms in total. The van der Waals surface area contributed by atoms with Gasteiger partial charge in [-0.25, -0.2) is 4.99 Å². The van der Waals surface area contributed by atoms with Crippen LogP contribution >= 0.6 is 0 Å². The number of amides is 1. The Balaban J connectivity index is 2.09. The number of ether oxygens (including phenoxy) is 1. The topological polar surface area (TPSA) is 57.2 Å². The lowest BCUT2D eigenvalue weighted by molar-refractivity contribution is -0.127. The Kier molecular flexibility index (Phi) is 8.58. The smallest absolute Gasteiger partial charge is 0.243 e. The van der Waals surface area contributed by atoms with Crippen LogP contribution in [0.25, 0.3) is 0 Å². The molecule has 2 atom stereocenters. The molecule has 1 saturated heterocycles. The number of piperidine rings is 1. The number of likely N-dealkylation sites (tertiary alicyclic amines) is 1. The van der Waals surface area contributed by atoms with E-state index in [1.165, 1.54) is 5.56 Å². The van der Waals surface area contributed by atoms with Crippen molar-refractivity contribution in [3.8, 4) is 0 Å². The predicted octanol–water partition coefficient (Wildman–Crippen LogP) is 2.18. The number of hydrogen-bond acceptors (Lipinski definition) is 3. The SMILES string of the molecule is CCC1CN(C(=NCC(=O)N(C)C)NCCOC)CCC1c1ccccc1. The molecule has 1 aliphatic heterocycles. The minimum absolute atomic E-state index is 0.00672. The van der Waals surface area contributed by atoms with E-state index in [0.717, 1.165) is 31.9 Å². The van der Waals surface area contributed by atoms with Crippen LogP contribution in [0.3, 0.4) is 0 Å². The highest BCUT2D eigenvalue weighted by Crippen LogP contribution is 2.34. The highest BCUT2D eigenvalue weighted by Gasteiger charge is 2.30. The lowest BCUT2D eigenvalue weighted by Crippen LogP contribution is -2.49. The van der Waals surface area contributed by atoms with Crippen molar-refractivity contribution in [1.82, 2.24) is 15.1 Å². The minimum Gasteiger partial charge on any atom is -0.383 e. The normalized spacial score (nSPS) is 20.4. The first-order valence-electron chi connectivity index (χ1n) is 9.84. The Hall–Kier alpha value is -2.08. The van der Waals surface area contributed by atoms with E-state index in [9.17, 15) is 4.79 Å². The summed E-state index contributed by atoms with van der Waals surface area (Å²) < 4.78 is 5.15. The first kappa shape index (κ1) is 21.2. The fourth-order valence-corrected chi connectivity index (χ4v) is 3.59. The lowest BCUT2D eigenvalue weighted by Gasteiger charge is -2.40. The highest BCUT2D eigenvalue weighted by molar-refractivity contribution is 5.85. The Morgan fingerprint density at radius 3 is 2.70 bits per heavy atom. The van der Waals surface area contributed by atoms with Gasteiger partial charge in [-0.2, -0.15) is 0 Å². The van der Waals surface area contributed by atoms with Crippen LogP contribution in [0.15, 0.2) is 35.3 Å². The molecule has 0 saturated carbocycles. The molecule has 0 spiro atoms. The maximum atomic E-state index is 12.0. The summed E-state index contributed by atoms with van der Waals surface area (Å²) in [5.74, 6) is 1.97. The number of carbonyl (C=O) groups excluding carboxylic acids is 1. The third-order valence-corrected chi connectivity index (χ3v) is 5.24. The quantitative estimate of drug-likeness (QED) is 0.452. The largest absolute Gasteiger partial charge is 0.383 e. The summed E-state index contributed by atoms with van der Waals surface area (Å²) >= 11 is 0. The highest BCUT2D eigenvalue weighted by atomic mass is 16.5. The van der Waals surface area contributed by atoms with Crippen molar-refractivity contribution >= 4 is 11.9 Å². The molecule has 0 bridgehead atoms. The minimum atomic E-state index is 0.00672. The first-order valence-corrected chi connectivity index (χ1v) is 9.84. The summed E-state index contributed by atoms with van der Waals surface area (Å²) in [6.45, 7) is 5.60. The fraction of sp³-hybridized carbons (Fsp3) is 0.619. The Morgan fingerprint density at radius 2 is 2.07 bits per heavy atom. The number of nitrogens with one attached hydrogen (secondary N) is 1. The van der Waals surface area contributed by atoms with Crippen molar-refractivity contribution in [2.75, 3.05) is 54.0 Å². The molecule has 1 amide bonds. The van der Waals surface area contributed by atoms with Crippen LogP contribution in [0.5, 0.6) is 0 Å². The summed E-state index contributed by atoms with van der Waals surface area (Å²) in [4.78, 5) is 20.4. The van der Waals surface area contributed by atoms with E-state index < -0.39 is 0 Å². The molecule has 0 aromatic heterocycles. The van der Waals surface area contributed by atoms with Crippen LogP contribution in [0, 0.1) is 5.92 Å². The fourth-order valence-electron chi connectivity index (χ4n) is 3.59. The summed E-state index contributed by atoms with van der Waals surface area (Å²) in [5.41, 5.74) is 1.43. The van der Waals surface area contributed by atoms with Crippen LogP contribution in [0.4, 0.5) is 0 Å². The van der Waals surface area contributed by atoms with Gasteiger partial charge in [-0.1, -0.05) is 43.7 Å². The maximum absolute atomic E-state index is 12.0. The Morgan fingerprint density at radius 1 is 1.33 bits per heavy atom. The molecule has 1 aliphatic rings. The lowest BCUT2D eigenvalue weighted by atomic mass is 9.79. The third-order valence-electron chi connectivity index (χ3n) is 5.24. The summed E-state index contributed by atoms with van der Waals surface area (Å²) in [6, 6.07) is 10.8. The third kappa shape index (κ3) is 6.24. The van der Waals surface area contributed by atoms with E-state index in [4.69, 9.17) is 4.74 Å². The number of likely N-dealkylation sites (N-methyl/N-ethyl adjacent to an activating group) is 1. The molecule has 2 rings (SSSR count). The number of aliphatic imine (C=N–C) groups is 1. The number of guanidine groups is 1. The van der Waals surface area contributed by atoms with Gasteiger partial charge in [0.25, 0.3) is 0 Å². The number of carbonyl (C=O) groups is 1. The zero-order chi connectivity index (χ0) is 19.6. The van der Waals surface area contributed by atoms with Crippen LogP contribution < -0.4 is 5.32 Å². The van der Waals surface area contributed by atoms with Gasteiger partial charge < -0.3 is 19.9 Å². The molecule has 1 fully saturated rings. The molecule has 150 valence electrons. The molecule has 1 N–H and O–H groups in total. The molecule has 1 heterocycles. The zero-order valence-corrected chi connectivity index (χ0v) is 17.1. The van der Waals surface area contributed by atoms with E-state index in [2.05, 4.69) is 52.5 Å². The maximum Gasteiger partial charge on any atom is 0.243 e. The van der Waals surface area contributed by atoms with Crippen molar-refractivity contribution in [2.45, 2.75) is 25.7 Å². The van der Waals surface area contributed by atoms with Crippen molar-refractivity contribution in [2.24, 2.45) is 10.9 Å². The van der Waals surface area contributed by atoms with Crippen molar-refractivity contribution in [1.29, 1.82) is 0 Å². The van der Waals surface area contributed by atoms with E-state index >= 15 is 0 Å². The van der Waals surface area contributed by atoms with Crippen molar-refractivity contribution in [3.05, 3.63) is 35.9 Å². The molecule has 27 heavy (non-hydrogen) atoms. The van der Waals surface area contributed by atoms with Gasteiger partial charge in [0.15, 0.2) is 5.96 Å². The molecule has 1 aromatic carbocycles. The monoisotopic (exact) mass is 374 g/mol. The number of hydrogen-bond donors (Lipinski definition) is 1. The van der Waals surface area contributed by atoms with E-state index in [0.29, 0.717) is 25.0 Å². The average molecular weight is 375 g/mol.